The van der Waals surface area contributed by atoms with Crippen molar-refractivity contribution >= 4 is 11.3 Å². The summed E-state index contributed by atoms with van der Waals surface area (Å²) >= 11 is 0.993. The van der Waals surface area contributed by atoms with E-state index in [0.29, 0.717) is 23.3 Å². The molecule has 12 heteroatoms. The molecule has 0 aliphatic rings. The molecule has 0 bridgehead atoms. The van der Waals surface area contributed by atoms with Crippen LogP contribution in [0.4, 0.5) is 22.0 Å². The lowest BCUT2D eigenvalue weighted by atomic mass is 10.1. The fourth-order valence-corrected chi connectivity index (χ4v) is 4.67. The van der Waals surface area contributed by atoms with Crippen LogP contribution < -0.4 is 10.3 Å². The van der Waals surface area contributed by atoms with Crippen LogP contribution >= 0.6 is 11.3 Å². The molecule has 0 spiro atoms. The maximum absolute atomic E-state index is 14.4. The molecule has 0 fully saturated rings. The SMILES string of the molecule is CCOc1ncc(-c2csc(-c3cc(C(F)(F)F)c(C#N)c(=O)n3Cc3ccc(F)cc3F)c2)cc1C#N. The van der Waals surface area contributed by atoms with Crippen LogP contribution in [0.15, 0.2) is 52.8 Å². The maximum Gasteiger partial charge on any atom is 0.417 e. The normalized spacial score (nSPS) is 11.2. The molecule has 3 aromatic heterocycles. The van der Waals surface area contributed by atoms with Gasteiger partial charge in [0.05, 0.1) is 29.3 Å². The Bertz CT molecular complexity index is 1680. The van der Waals surface area contributed by atoms with E-state index in [0.717, 1.165) is 28.0 Å². The number of nitriles is 2. The Morgan fingerprint density at radius 1 is 1.08 bits per heavy atom. The van der Waals surface area contributed by atoms with Gasteiger partial charge >= 0.3 is 6.18 Å². The monoisotopic (exact) mass is 542 g/mol. The van der Waals surface area contributed by atoms with E-state index in [9.17, 15) is 37.3 Å². The average Bonchev–Trinajstić information content (AvgIpc) is 3.36. The number of aromatic nitrogens is 2. The lowest BCUT2D eigenvalue weighted by Gasteiger charge is -2.17. The van der Waals surface area contributed by atoms with Gasteiger partial charge in [-0.2, -0.15) is 23.7 Å². The lowest BCUT2D eigenvalue weighted by molar-refractivity contribution is -0.137. The Kier molecular flexibility index (Phi) is 7.28. The van der Waals surface area contributed by atoms with Crippen molar-refractivity contribution in [3.63, 3.8) is 0 Å². The molecule has 38 heavy (non-hydrogen) atoms. The van der Waals surface area contributed by atoms with E-state index in [1.807, 2.05) is 6.07 Å². The number of halogens is 5. The zero-order chi connectivity index (χ0) is 27.6. The van der Waals surface area contributed by atoms with Crippen LogP contribution in [0.2, 0.25) is 0 Å². The van der Waals surface area contributed by atoms with Crippen molar-refractivity contribution in [2.75, 3.05) is 6.61 Å². The molecule has 0 aliphatic heterocycles. The Balaban J connectivity index is 1.90. The first-order valence-electron chi connectivity index (χ1n) is 10.9. The second-order valence-electron chi connectivity index (χ2n) is 7.88. The van der Waals surface area contributed by atoms with E-state index in [2.05, 4.69) is 4.98 Å². The maximum atomic E-state index is 14.4. The van der Waals surface area contributed by atoms with Crippen molar-refractivity contribution < 1.29 is 26.7 Å². The van der Waals surface area contributed by atoms with Crippen molar-refractivity contribution in [2.45, 2.75) is 19.6 Å². The molecule has 4 aromatic rings. The summed E-state index contributed by atoms with van der Waals surface area (Å²) in [5.41, 5.74) is -3.12. The quantitative estimate of drug-likeness (QED) is 0.274. The van der Waals surface area contributed by atoms with Crippen molar-refractivity contribution in [1.29, 1.82) is 10.5 Å². The summed E-state index contributed by atoms with van der Waals surface area (Å²) < 4.78 is 75.3. The molecular formula is C26H15F5N4O2S. The highest BCUT2D eigenvalue weighted by Crippen LogP contribution is 2.37. The molecule has 0 saturated carbocycles. The zero-order valence-electron chi connectivity index (χ0n) is 19.4. The molecule has 0 amide bonds. The highest BCUT2D eigenvalue weighted by Gasteiger charge is 2.37. The van der Waals surface area contributed by atoms with Gasteiger partial charge in [-0.15, -0.1) is 11.3 Å². The fourth-order valence-electron chi connectivity index (χ4n) is 3.72. The third kappa shape index (κ3) is 5.12. The minimum absolute atomic E-state index is 0.131. The van der Waals surface area contributed by atoms with Crippen LogP contribution in [0, 0.1) is 34.3 Å². The van der Waals surface area contributed by atoms with E-state index in [1.54, 1.807) is 12.3 Å². The first-order valence-corrected chi connectivity index (χ1v) is 11.8. The molecule has 0 aliphatic carbocycles. The lowest BCUT2D eigenvalue weighted by Crippen LogP contribution is -2.28. The third-order valence-corrected chi connectivity index (χ3v) is 6.45. The summed E-state index contributed by atoms with van der Waals surface area (Å²) in [6.07, 6.45) is -3.58. The number of ether oxygens (including phenoxy) is 1. The highest BCUT2D eigenvalue weighted by molar-refractivity contribution is 7.14. The van der Waals surface area contributed by atoms with Gasteiger partial charge in [-0.25, -0.2) is 13.8 Å². The van der Waals surface area contributed by atoms with Gasteiger partial charge in [0.15, 0.2) is 0 Å². The van der Waals surface area contributed by atoms with E-state index < -0.39 is 41.0 Å². The van der Waals surface area contributed by atoms with Gasteiger partial charge in [0.2, 0.25) is 5.88 Å². The zero-order valence-corrected chi connectivity index (χ0v) is 20.3. The average molecular weight is 542 g/mol. The Morgan fingerprint density at radius 2 is 1.84 bits per heavy atom. The molecule has 0 unspecified atom stereocenters. The summed E-state index contributed by atoms with van der Waals surface area (Å²) in [4.78, 5) is 17.4. The van der Waals surface area contributed by atoms with Crippen molar-refractivity contribution in [2.24, 2.45) is 0 Å². The van der Waals surface area contributed by atoms with Crippen LogP contribution in [-0.2, 0) is 12.7 Å². The van der Waals surface area contributed by atoms with E-state index >= 15 is 0 Å². The van der Waals surface area contributed by atoms with Crippen LogP contribution in [0.3, 0.4) is 0 Å². The number of hydrogen-bond donors (Lipinski definition) is 0. The standard InChI is InChI=1S/C26H15F5N4O2S/c1-2-37-24-15(9-32)5-16(11-34-24)17-6-23(38-13-17)22-8-20(26(29,30)31)19(10-33)25(36)35(22)12-14-3-4-18(27)7-21(14)28/h3-8,11,13H,2,12H2,1H3. The van der Waals surface area contributed by atoms with Gasteiger partial charge in [0.25, 0.3) is 5.56 Å². The number of alkyl halides is 3. The molecule has 4 rings (SSSR count). The second kappa shape index (κ2) is 10.4. The summed E-state index contributed by atoms with van der Waals surface area (Å²) in [5.74, 6) is -1.74. The predicted molar refractivity (Wildman–Crippen MR) is 128 cm³/mol. The Hall–Kier alpha value is -4.55. The second-order valence-corrected chi connectivity index (χ2v) is 8.79. The highest BCUT2D eigenvalue weighted by atomic mass is 32.1. The van der Waals surface area contributed by atoms with Crippen molar-refractivity contribution in [1.82, 2.24) is 9.55 Å². The molecule has 1 aromatic carbocycles. The molecule has 3 heterocycles. The predicted octanol–water partition coefficient (Wildman–Crippen LogP) is 6.13. The molecule has 192 valence electrons. The first-order chi connectivity index (χ1) is 18.1. The third-order valence-electron chi connectivity index (χ3n) is 5.50. The summed E-state index contributed by atoms with van der Waals surface area (Å²) in [6.45, 7) is 1.46. The number of thiophene rings is 1. The molecular weight excluding hydrogens is 527 g/mol. The molecule has 0 atom stereocenters. The van der Waals surface area contributed by atoms with Crippen LogP contribution in [0.1, 0.15) is 29.2 Å². The molecule has 0 N–H and O–H groups in total. The number of hydrogen-bond acceptors (Lipinski definition) is 6. The minimum Gasteiger partial charge on any atom is -0.477 e. The van der Waals surface area contributed by atoms with Gasteiger partial charge in [-0.1, -0.05) is 6.07 Å². The van der Waals surface area contributed by atoms with Crippen LogP contribution in [0.5, 0.6) is 5.88 Å². The summed E-state index contributed by atoms with van der Waals surface area (Å²) in [5, 5.41) is 20.3. The number of pyridine rings is 2. The van der Waals surface area contributed by atoms with Crippen molar-refractivity contribution in [3.8, 4) is 39.7 Å². The fraction of sp³-hybridized carbons (Fsp3) is 0.154. The Morgan fingerprint density at radius 3 is 2.47 bits per heavy atom. The molecule has 6 nitrogen and oxygen atoms in total. The number of benzene rings is 1. The van der Waals surface area contributed by atoms with E-state index in [4.69, 9.17) is 4.74 Å². The summed E-state index contributed by atoms with van der Waals surface area (Å²) in [6, 6.07) is 9.54. The summed E-state index contributed by atoms with van der Waals surface area (Å²) in [7, 11) is 0. The topological polar surface area (TPSA) is 91.7 Å². The minimum atomic E-state index is -5.01. The van der Waals surface area contributed by atoms with Crippen LogP contribution in [0.25, 0.3) is 21.7 Å². The Labute approximate surface area is 216 Å². The van der Waals surface area contributed by atoms with Crippen LogP contribution in [-0.4, -0.2) is 16.2 Å². The first kappa shape index (κ1) is 26.5. The number of nitrogens with zero attached hydrogens (tertiary/aromatic N) is 4. The van der Waals surface area contributed by atoms with Gasteiger partial charge in [0.1, 0.15) is 34.9 Å². The van der Waals surface area contributed by atoms with Gasteiger partial charge in [-0.3, -0.25) is 4.79 Å². The number of rotatable bonds is 6. The largest absolute Gasteiger partial charge is 0.477 e. The van der Waals surface area contributed by atoms with E-state index in [-0.39, 0.29) is 34.2 Å². The van der Waals surface area contributed by atoms with Gasteiger partial charge in [-0.05, 0) is 42.1 Å². The van der Waals surface area contributed by atoms with E-state index in [1.165, 1.54) is 24.4 Å². The molecule has 0 saturated heterocycles. The van der Waals surface area contributed by atoms with Gasteiger partial charge in [0, 0.05) is 23.4 Å². The van der Waals surface area contributed by atoms with Gasteiger partial charge < -0.3 is 9.30 Å². The smallest absolute Gasteiger partial charge is 0.417 e. The molecule has 0 radical (unpaired) electrons. The van der Waals surface area contributed by atoms with Crippen molar-refractivity contribution in [3.05, 3.63) is 92.2 Å².